The van der Waals surface area contributed by atoms with Gasteiger partial charge in [-0.15, -0.1) is 10.2 Å². The predicted octanol–water partition coefficient (Wildman–Crippen LogP) is 2.64. The molecular formula is C14H16F3N5OS. The Hall–Kier alpha value is -2.23. The van der Waals surface area contributed by atoms with Gasteiger partial charge in [0.2, 0.25) is 5.91 Å². The second-order valence-corrected chi connectivity index (χ2v) is 6.08. The molecule has 1 N–H and O–H groups in total. The van der Waals surface area contributed by atoms with E-state index in [9.17, 15) is 18.0 Å². The lowest BCUT2D eigenvalue weighted by Crippen LogP contribution is -2.19. The molecule has 1 amide bonds. The average Bonchev–Trinajstić information content (AvgIpc) is 2.91. The fraction of sp³-hybridized carbons (Fsp3) is 0.357. The molecule has 1 aromatic carbocycles. The van der Waals surface area contributed by atoms with Gasteiger partial charge in [0.1, 0.15) is 12.9 Å². The van der Waals surface area contributed by atoms with Crippen LogP contribution in [0.25, 0.3) is 0 Å². The minimum absolute atomic E-state index is 0.0467. The third kappa shape index (κ3) is 5.44. The Morgan fingerprint density at radius 2 is 1.96 bits per heavy atom. The average molecular weight is 359 g/mol. The number of halogens is 3. The molecule has 10 heteroatoms. The van der Waals surface area contributed by atoms with Gasteiger partial charge < -0.3 is 10.2 Å². The van der Waals surface area contributed by atoms with Gasteiger partial charge in [0.05, 0.1) is 5.75 Å². The molecule has 0 fully saturated rings. The topological polar surface area (TPSA) is 63.1 Å². The van der Waals surface area contributed by atoms with Crippen LogP contribution in [0.5, 0.6) is 0 Å². The number of nitrogens with one attached hydrogen (secondary N) is 1. The van der Waals surface area contributed by atoms with Crippen molar-refractivity contribution < 1.29 is 18.0 Å². The zero-order valence-electron chi connectivity index (χ0n) is 13.0. The molecule has 24 heavy (non-hydrogen) atoms. The highest BCUT2D eigenvalue weighted by Crippen LogP contribution is 2.22. The third-order valence-electron chi connectivity index (χ3n) is 2.93. The molecule has 0 spiro atoms. The number of carbonyl (C=O) groups is 1. The molecule has 0 saturated heterocycles. The lowest BCUT2D eigenvalue weighted by molar-refractivity contribution is -0.142. The summed E-state index contributed by atoms with van der Waals surface area (Å²) in [5.41, 5.74) is 1.60. The lowest BCUT2D eigenvalue weighted by atomic mass is 10.2. The Kier molecular flexibility index (Phi) is 5.71. The second-order valence-electron chi connectivity index (χ2n) is 5.13. The summed E-state index contributed by atoms with van der Waals surface area (Å²) < 4.78 is 38.1. The fourth-order valence-corrected chi connectivity index (χ4v) is 2.54. The first-order chi connectivity index (χ1) is 11.2. The summed E-state index contributed by atoms with van der Waals surface area (Å²) in [5, 5.41) is 9.78. The van der Waals surface area contributed by atoms with Crippen molar-refractivity contribution in [2.75, 3.05) is 30.1 Å². The van der Waals surface area contributed by atoms with Crippen LogP contribution in [0.2, 0.25) is 0 Å². The SMILES string of the molecule is CN(C)c1ccc(NC(=O)CSc2nncn2CC(F)(F)F)cc1. The highest BCUT2D eigenvalue weighted by molar-refractivity contribution is 7.99. The van der Waals surface area contributed by atoms with Crippen molar-refractivity contribution in [1.29, 1.82) is 0 Å². The molecule has 0 bridgehead atoms. The van der Waals surface area contributed by atoms with Crippen LogP contribution in [0.1, 0.15) is 0 Å². The van der Waals surface area contributed by atoms with E-state index in [0.717, 1.165) is 28.3 Å². The molecular weight excluding hydrogens is 343 g/mol. The van der Waals surface area contributed by atoms with E-state index >= 15 is 0 Å². The van der Waals surface area contributed by atoms with Crippen LogP contribution >= 0.6 is 11.8 Å². The molecule has 1 heterocycles. The fourth-order valence-electron chi connectivity index (χ4n) is 1.83. The van der Waals surface area contributed by atoms with Crippen LogP contribution < -0.4 is 10.2 Å². The number of thioether (sulfide) groups is 1. The van der Waals surface area contributed by atoms with E-state index in [-0.39, 0.29) is 16.8 Å². The number of hydrogen-bond acceptors (Lipinski definition) is 5. The van der Waals surface area contributed by atoms with Crippen LogP contribution in [0.3, 0.4) is 0 Å². The van der Waals surface area contributed by atoms with Crippen LogP contribution in [0, 0.1) is 0 Å². The molecule has 0 aliphatic heterocycles. The first-order valence-corrected chi connectivity index (χ1v) is 7.88. The normalized spacial score (nSPS) is 11.4. The molecule has 2 aromatic rings. The molecule has 1 aromatic heterocycles. The Morgan fingerprint density at radius 3 is 2.54 bits per heavy atom. The Balaban J connectivity index is 1.88. The minimum atomic E-state index is -4.37. The molecule has 0 radical (unpaired) electrons. The van der Waals surface area contributed by atoms with E-state index < -0.39 is 12.7 Å². The van der Waals surface area contributed by atoms with Gasteiger partial charge in [-0.25, -0.2) is 0 Å². The summed E-state index contributed by atoms with van der Waals surface area (Å²) in [6.45, 7) is -1.18. The molecule has 0 atom stereocenters. The summed E-state index contributed by atoms with van der Waals surface area (Å²) in [5.74, 6) is -0.398. The number of anilines is 2. The van der Waals surface area contributed by atoms with Gasteiger partial charge in [-0.05, 0) is 24.3 Å². The zero-order chi connectivity index (χ0) is 17.7. The van der Waals surface area contributed by atoms with Crippen molar-refractivity contribution in [3.63, 3.8) is 0 Å². The maximum atomic E-state index is 12.4. The molecule has 6 nitrogen and oxygen atoms in total. The third-order valence-corrected chi connectivity index (χ3v) is 3.91. The molecule has 0 unspecified atom stereocenters. The second kappa shape index (κ2) is 7.56. The summed E-state index contributed by atoms with van der Waals surface area (Å²) in [7, 11) is 3.81. The van der Waals surface area contributed by atoms with Crippen LogP contribution in [-0.4, -0.2) is 46.7 Å². The van der Waals surface area contributed by atoms with Crippen molar-refractivity contribution in [2.45, 2.75) is 17.9 Å². The zero-order valence-corrected chi connectivity index (χ0v) is 13.9. The van der Waals surface area contributed by atoms with E-state index in [1.54, 1.807) is 12.1 Å². The van der Waals surface area contributed by atoms with E-state index in [1.807, 2.05) is 31.1 Å². The van der Waals surface area contributed by atoms with E-state index in [1.165, 1.54) is 0 Å². The molecule has 2 rings (SSSR count). The van der Waals surface area contributed by atoms with Gasteiger partial charge in [0.15, 0.2) is 5.16 Å². The molecule has 0 aliphatic carbocycles. The monoisotopic (exact) mass is 359 g/mol. The summed E-state index contributed by atoms with van der Waals surface area (Å²) in [6, 6.07) is 7.21. The highest BCUT2D eigenvalue weighted by atomic mass is 32.2. The first kappa shape index (κ1) is 18.1. The Labute approximate surface area is 141 Å². The van der Waals surface area contributed by atoms with Crippen molar-refractivity contribution in [2.24, 2.45) is 0 Å². The van der Waals surface area contributed by atoms with Gasteiger partial charge in [0, 0.05) is 25.5 Å². The molecule has 130 valence electrons. The number of nitrogens with zero attached hydrogens (tertiary/aromatic N) is 4. The standard InChI is InChI=1S/C14H16F3N5OS/c1-21(2)11-5-3-10(4-6-11)19-12(23)7-24-13-20-18-9-22(13)8-14(15,16)17/h3-6,9H,7-8H2,1-2H3,(H,19,23). The van der Waals surface area contributed by atoms with Crippen LogP contribution in [-0.2, 0) is 11.3 Å². The van der Waals surface area contributed by atoms with Crippen LogP contribution in [0.4, 0.5) is 24.5 Å². The smallest absolute Gasteiger partial charge is 0.378 e. The highest BCUT2D eigenvalue weighted by Gasteiger charge is 2.29. The first-order valence-electron chi connectivity index (χ1n) is 6.89. The van der Waals surface area contributed by atoms with Gasteiger partial charge >= 0.3 is 6.18 Å². The lowest BCUT2D eigenvalue weighted by Gasteiger charge is -2.13. The largest absolute Gasteiger partial charge is 0.406 e. The van der Waals surface area contributed by atoms with Gasteiger partial charge in [-0.1, -0.05) is 11.8 Å². The Bertz CT molecular complexity index is 684. The predicted molar refractivity (Wildman–Crippen MR) is 86.2 cm³/mol. The van der Waals surface area contributed by atoms with E-state index in [0.29, 0.717) is 5.69 Å². The number of alkyl halides is 3. The maximum Gasteiger partial charge on any atom is 0.406 e. The van der Waals surface area contributed by atoms with E-state index in [4.69, 9.17) is 0 Å². The minimum Gasteiger partial charge on any atom is -0.378 e. The summed E-state index contributed by atoms with van der Waals surface area (Å²) in [4.78, 5) is 13.8. The van der Waals surface area contributed by atoms with Gasteiger partial charge in [-0.3, -0.25) is 9.36 Å². The summed E-state index contributed by atoms with van der Waals surface area (Å²) >= 11 is 0.899. The van der Waals surface area contributed by atoms with E-state index in [2.05, 4.69) is 15.5 Å². The van der Waals surface area contributed by atoms with Crippen molar-refractivity contribution in [3.8, 4) is 0 Å². The number of amides is 1. The number of benzene rings is 1. The van der Waals surface area contributed by atoms with Crippen molar-refractivity contribution >= 4 is 29.0 Å². The number of hydrogen-bond donors (Lipinski definition) is 1. The molecule has 0 aliphatic rings. The quantitative estimate of drug-likeness (QED) is 0.804. The molecule has 0 saturated carbocycles. The number of rotatable bonds is 6. The van der Waals surface area contributed by atoms with Crippen molar-refractivity contribution in [1.82, 2.24) is 14.8 Å². The van der Waals surface area contributed by atoms with Crippen molar-refractivity contribution in [3.05, 3.63) is 30.6 Å². The maximum absolute atomic E-state index is 12.4. The number of carbonyl (C=O) groups excluding carboxylic acids is 1. The van der Waals surface area contributed by atoms with Gasteiger partial charge in [-0.2, -0.15) is 13.2 Å². The Morgan fingerprint density at radius 1 is 1.29 bits per heavy atom. The number of aromatic nitrogens is 3. The van der Waals surface area contributed by atoms with Crippen LogP contribution in [0.15, 0.2) is 35.7 Å². The van der Waals surface area contributed by atoms with Gasteiger partial charge in [0.25, 0.3) is 0 Å². The summed E-state index contributed by atoms with van der Waals surface area (Å²) in [6.07, 6.45) is -3.37.